The molecule has 1 aromatic heterocycles. The van der Waals surface area contributed by atoms with Crippen molar-refractivity contribution in [2.45, 2.75) is 30.8 Å². The maximum Gasteiger partial charge on any atom is 0.355 e. The third kappa shape index (κ3) is 4.17. The summed E-state index contributed by atoms with van der Waals surface area (Å²) in [6, 6.07) is 0.139. The first-order chi connectivity index (χ1) is 11.6. The van der Waals surface area contributed by atoms with Crippen molar-refractivity contribution in [3.8, 4) is 0 Å². The van der Waals surface area contributed by atoms with Gasteiger partial charge in [-0.05, 0) is 25.8 Å². The molecule has 1 aliphatic rings. The van der Waals surface area contributed by atoms with Crippen molar-refractivity contribution in [3.63, 3.8) is 0 Å². The number of imide groups is 1. The third-order valence-electron chi connectivity index (χ3n) is 3.79. The van der Waals surface area contributed by atoms with E-state index in [4.69, 9.17) is 10.5 Å². The summed E-state index contributed by atoms with van der Waals surface area (Å²) >= 11 is 0. The van der Waals surface area contributed by atoms with Crippen LogP contribution in [0, 0.1) is 0 Å². The van der Waals surface area contributed by atoms with E-state index in [-0.39, 0.29) is 10.6 Å². The molecule has 3 amide bonds. The predicted octanol–water partition coefficient (Wildman–Crippen LogP) is -0.450. The van der Waals surface area contributed by atoms with Gasteiger partial charge < -0.3 is 15.0 Å². The molecule has 11 heteroatoms. The SMILES string of the molecule is CC(OC(=O)c1cc(S(=O)(=O)N2CCCC2)cn1C)C(=O)NC(N)=O. The van der Waals surface area contributed by atoms with E-state index in [0.29, 0.717) is 13.1 Å². The Hall–Kier alpha value is -2.40. The van der Waals surface area contributed by atoms with E-state index in [1.807, 2.05) is 0 Å². The number of hydrogen-bond donors (Lipinski definition) is 2. The molecule has 1 atom stereocenters. The van der Waals surface area contributed by atoms with Crippen molar-refractivity contribution in [2.75, 3.05) is 13.1 Å². The summed E-state index contributed by atoms with van der Waals surface area (Å²) in [5.74, 6) is -1.77. The molecule has 1 aliphatic heterocycles. The monoisotopic (exact) mass is 372 g/mol. The van der Waals surface area contributed by atoms with Gasteiger partial charge in [-0.3, -0.25) is 10.1 Å². The van der Waals surface area contributed by atoms with Crippen LogP contribution in [0.25, 0.3) is 0 Å². The highest BCUT2D eigenvalue weighted by Crippen LogP contribution is 2.23. The van der Waals surface area contributed by atoms with Crippen molar-refractivity contribution in [3.05, 3.63) is 18.0 Å². The highest BCUT2D eigenvalue weighted by atomic mass is 32.2. The molecule has 25 heavy (non-hydrogen) atoms. The molecule has 1 unspecified atom stereocenters. The van der Waals surface area contributed by atoms with E-state index in [1.165, 1.54) is 35.1 Å². The number of nitrogens with two attached hydrogens (primary N) is 1. The fraction of sp³-hybridized carbons (Fsp3) is 0.500. The van der Waals surface area contributed by atoms with Gasteiger partial charge in [-0.2, -0.15) is 4.31 Å². The summed E-state index contributed by atoms with van der Waals surface area (Å²) < 4.78 is 32.7. The zero-order valence-electron chi connectivity index (χ0n) is 13.9. The van der Waals surface area contributed by atoms with Gasteiger partial charge in [0.25, 0.3) is 5.91 Å². The number of rotatable bonds is 5. The van der Waals surface area contributed by atoms with Gasteiger partial charge in [0.05, 0.1) is 0 Å². The number of nitrogens with zero attached hydrogens (tertiary/aromatic N) is 2. The molecule has 2 heterocycles. The maximum atomic E-state index is 12.5. The number of ether oxygens (including phenoxy) is 1. The van der Waals surface area contributed by atoms with E-state index in [1.54, 1.807) is 5.32 Å². The fourth-order valence-corrected chi connectivity index (χ4v) is 4.04. The molecule has 0 bridgehead atoms. The molecule has 0 aromatic carbocycles. The number of aryl methyl sites for hydroxylation is 1. The number of urea groups is 1. The lowest BCUT2D eigenvalue weighted by Gasteiger charge is -2.13. The first kappa shape index (κ1) is 18.9. The van der Waals surface area contributed by atoms with E-state index in [9.17, 15) is 22.8 Å². The molecular formula is C14H20N4O6S. The second-order valence-electron chi connectivity index (χ2n) is 5.68. The van der Waals surface area contributed by atoms with Gasteiger partial charge >= 0.3 is 12.0 Å². The van der Waals surface area contributed by atoms with Crippen molar-refractivity contribution < 1.29 is 27.5 Å². The van der Waals surface area contributed by atoms with Crippen LogP contribution in [0.1, 0.15) is 30.3 Å². The average Bonchev–Trinajstić information content (AvgIpc) is 3.15. The second kappa shape index (κ2) is 7.23. The number of amides is 3. The van der Waals surface area contributed by atoms with Crippen molar-refractivity contribution in [1.82, 2.24) is 14.2 Å². The number of carbonyl (C=O) groups is 3. The van der Waals surface area contributed by atoms with Crippen LogP contribution in [-0.2, 0) is 26.6 Å². The minimum atomic E-state index is -3.67. The van der Waals surface area contributed by atoms with Gasteiger partial charge in [-0.25, -0.2) is 18.0 Å². The van der Waals surface area contributed by atoms with Gasteiger partial charge in [-0.15, -0.1) is 0 Å². The molecule has 1 aromatic rings. The third-order valence-corrected chi connectivity index (χ3v) is 5.66. The summed E-state index contributed by atoms with van der Waals surface area (Å²) in [7, 11) is -2.18. The number of carbonyl (C=O) groups excluding carboxylic acids is 3. The average molecular weight is 372 g/mol. The zero-order valence-corrected chi connectivity index (χ0v) is 14.7. The van der Waals surface area contributed by atoms with Crippen LogP contribution in [0.2, 0.25) is 0 Å². The molecule has 0 spiro atoms. The summed E-state index contributed by atoms with van der Waals surface area (Å²) in [4.78, 5) is 34.3. The van der Waals surface area contributed by atoms with E-state index in [0.717, 1.165) is 12.8 Å². The van der Waals surface area contributed by atoms with Crippen molar-refractivity contribution in [2.24, 2.45) is 12.8 Å². The largest absolute Gasteiger partial charge is 0.448 e. The Morgan fingerprint density at radius 1 is 1.28 bits per heavy atom. The lowest BCUT2D eigenvalue weighted by Crippen LogP contribution is -2.42. The number of aromatic nitrogens is 1. The van der Waals surface area contributed by atoms with Crippen LogP contribution < -0.4 is 11.1 Å². The van der Waals surface area contributed by atoms with Crippen LogP contribution >= 0.6 is 0 Å². The van der Waals surface area contributed by atoms with E-state index >= 15 is 0 Å². The fourth-order valence-electron chi connectivity index (χ4n) is 2.45. The van der Waals surface area contributed by atoms with Gasteiger partial charge in [0.2, 0.25) is 10.0 Å². The maximum absolute atomic E-state index is 12.5. The molecule has 10 nitrogen and oxygen atoms in total. The standard InChI is InChI=1S/C14H20N4O6S/c1-9(12(19)16-14(15)21)24-13(20)11-7-10(8-17(11)2)25(22,23)18-5-3-4-6-18/h7-9H,3-6H2,1-2H3,(H3,15,16,19,21). The van der Waals surface area contributed by atoms with Crippen molar-refractivity contribution in [1.29, 1.82) is 0 Å². The lowest BCUT2D eigenvalue weighted by atomic mass is 10.3. The normalized spacial score (nSPS) is 16.4. The summed E-state index contributed by atoms with van der Waals surface area (Å²) in [6.07, 6.45) is 1.65. The Bertz CT molecular complexity index is 794. The number of nitrogens with one attached hydrogen (secondary N) is 1. The number of sulfonamides is 1. The van der Waals surface area contributed by atoms with Gasteiger partial charge in [0.15, 0.2) is 6.10 Å². The van der Waals surface area contributed by atoms with Crippen LogP contribution in [0.3, 0.4) is 0 Å². The number of esters is 1. The minimum Gasteiger partial charge on any atom is -0.448 e. The Morgan fingerprint density at radius 2 is 1.88 bits per heavy atom. The Balaban J connectivity index is 2.15. The second-order valence-corrected chi connectivity index (χ2v) is 7.62. The summed E-state index contributed by atoms with van der Waals surface area (Å²) in [5.41, 5.74) is 4.79. The summed E-state index contributed by atoms with van der Waals surface area (Å²) in [6.45, 7) is 2.16. The smallest absolute Gasteiger partial charge is 0.355 e. The Kier molecular flexibility index (Phi) is 5.48. The molecule has 0 saturated carbocycles. The van der Waals surface area contributed by atoms with Crippen molar-refractivity contribution >= 4 is 27.9 Å². The first-order valence-electron chi connectivity index (χ1n) is 7.60. The summed E-state index contributed by atoms with van der Waals surface area (Å²) in [5, 5.41) is 1.79. The first-order valence-corrected chi connectivity index (χ1v) is 9.04. The molecule has 0 radical (unpaired) electrons. The number of hydrogen-bond acceptors (Lipinski definition) is 6. The molecular weight excluding hydrogens is 352 g/mol. The van der Waals surface area contributed by atoms with E-state index in [2.05, 4.69) is 0 Å². The highest BCUT2D eigenvalue weighted by molar-refractivity contribution is 7.89. The highest BCUT2D eigenvalue weighted by Gasteiger charge is 2.30. The molecule has 2 rings (SSSR count). The van der Waals surface area contributed by atoms with Gasteiger partial charge in [0.1, 0.15) is 10.6 Å². The van der Waals surface area contributed by atoms with Crippen LogP contribution in [0.4, 0.5) is 4.79 Å². The van der Waals surface area contributed by atoms with Crippen LogP contribution in [-0.4, -0.2) is 54.4 Å². The van der Waals surface area contributed by atoms with Gasteiger partial charge in [-0.1, -0.05) is 0 Å². The molecule has 1 saturated heterocycles. The lowest BCUT2D eigenvalue weighted by molar-refractivity contribution is -0.127. The molecule has 138 valence electrons. The van der Waals surface area contributed by atoms with Crippen LogP contribution in [0.5, 0.6) is 0 Å². The zero-order chi connectivity index (χ0) is 18.8. The Morgan fingerprint density at radius 3 is 2.44 bits per heavy atom. The topological polar surface area (TPSA) is 141 Å². The minimum absolute atomic E-state index is 0.0157. The van der Waals surface area contributed by atoms with Gasteiger partial charge in [0, 0.05) is 26.3 Å². The van der Waals surface area contributed by atoms with Crippen LogP contribution in [0.15, 0.2) is 17.2 Å². The molecule has 3 N–H and O–H groups in total. The van der Waals surface area contributed by atoms with E-state index < -0.39 is 34.0 Å². The Labute approximate surface area is 145 Å². The molecule has 1 fully saturated rings. The predicted molar refractivity (Wildman–Crippen MR) is 86.0 cm³/mol. The quantitative estimate of drug-likeness (QED) is 0.671. The number of primary amides is 1. The molecule has 0 aliphatic carbocycles.